The van der Waals surface area contributed by atoms with E-state index < -0.39 is 10.2 Å². The van der Waals surface area contributed by atoms with E-state index in [0.29, 0.717) is 0 Å². The fourth-order valence-corrected chi connectivity index (χ4v) is 3.62. The second kappa shape index (κ2) is 10.7. The third kappa shape index (κ3) is 6.72. The lowest BCUT2D eigenvalue weighted by Gasteiger charge is -2.32. The van der Waals surface area contributed by atoms with Crippen molar-refractivity contribution in [2.24, 2.45) is 0 Å². The van der Waals surface area contributed by atoms with Crippen LogP contribution in [0.3, 0.4) is 0 Å². The van der Waals surface area contributed by atoms with E-state index in [1.807, 2.05) is 50.5 Å². The molecule has 1 unspecified atom stereocenters. The van der Waals surface area contributed by atoms with E-state index in [1.165, 1.54) is 5.56 Å². The molecule has 0 bridgehead atoms. The molecule has 4 rings (SSSR count). The average molecular weight is 469 g/mol. The highest BCUT2D eigenvalue weighted by atomic mass is 35.7. The lowest BCUT2D eigenvalue weighted by atomic mass is 9.82. The van der Waals surface area contributed by atoms with Crippen molar-refractivity contribution >= 4 is 0 Å². The van der Waals surface area contributed by atoms with Crippen LogP contribution in [0.4, 0.5) is 0 Å². The normalized spacial score (nSPS) is 17.6. The largest absolute Gasteiger partial charge is 0.388 e. The lowest BCUT2D eigenvalue weighted by molar-refractivity contribution is -2.00. The Morgan fingerprint density at radius 1 is 0.818 bits per heavy atom. The van der Waals surface area contributed by atoms with Crippen LogP contribution in [0.15, 0.2) is 101 Å². The molecular weight excluding hydrogens is 444 g/mol. The maximum absolute atomic E-state index is 8.49. The van der Waals surface area contributed by atoms with Crippen molar-refractivity contribution < 1.29 is 33.3 Å². The Balaban J connectivity index is 0.000000555. The first-order chi connectivity index (χ1) is 15.7. The monoisotopic (exact) mass is 468 g/mol. The molecule has 172 valence electrons. The molecule has 33 heavy (non-hydrogen) atoms. The highest BCUT2D eigenvalue weighted by Crippen LogP contribution is 2.36. The summed E-state index contributed by atoms with van der Waals surface area (Å²) in [6.07, 6.45) is 7.46. The van der Waals surface area contributed by atoms with Crippen LogP contribution >= 0.6 is 0 Å². The number of hydrogen-bond acceptors (Lipinski definition) is 6. The summed E-state index contributed by atoms with van der Waals surface area (Å²) in [6.45, 7) is 0. The SMILES string of the molecule is CNC1=CCC(NC)(c2cc(-c3ccccc3)[o+]c(-c3ccccc3)c2)C=C1.[O-][Cl+3]([O-])([O-])[O-]. The number of hydrogen-bond donors (Lipinski definition) is 2. The van der Waals surface area contributed by atoms with Crippen molar-refractivity contribution in [3.8, 4) is 22.6 Å². The van der Waals surface area contributed by atoms with Gasteiger partial charge < -0.3 is 10.6 Å². The van der Waals surface area contributed by atoms with Crippen molar-refractivity contribution in [3.63, 3.8) is 0 Å². The molecule has 8 heteroatoms. The lowest BCUT2D eigenvalue weighted by Crippen LogP contribution is -2.68. The molecule has 1 aliphatic rings. The summed E-state index contributed by atoms with van der Waals surface area (Å²) in [4.78, 5) is 0. The quantitative estimate of drug-likeness (QED) is 0.525. The fourth-order valence-electron chi connectivity index (χ4n) is 3.62. The summed E-state index contributed by atoms with van der Waals surface area (Å²) in [5, 5.41) is 6.75. The second-order valence-corrected chi connectivity index (χ2v) is 8.11. The Hall–Kier alpha value is -3.04. The predicted octanol–water partition coefficient (Wildman–Crippen LogP) is 0.617. The van der Waals surface area contributed by atoms with Gasteiger partial charge in [-0.15, -0.1) is 10.2 Å². The minimum Gasteiger partial charge on any atom is -0.388 e. The molecule has 1 atom stereocenters. The van der Waals surface area contributed by atoms with Gasteiger partial charge in [0.15, 0.2) is 0 Å². The highest BCUT2D eigenvalue weighted by molar-refractivity contribution is 5.65. The number of benzene rings is 2. The predicted molar refractivity (Wildman–Crippen MR) is 116 cm³/mol. The van der Waals surface area contributed by atoms with E-state index in [2.05, 4.69) is 65.3 Å². The van der Waals surface area contributed by atoms with Crippen LogP contribution in [-0.2, 0) is 5.54 Å². The number of nitrogens with one attached hydrogen (secondary N) is 2. The number of halogens is 1. The molecule has 0 saturated carbocycles. The van der Waals surface area contributed by atoms with Crippen LogP contribution in [0.2, 0.25) is 0 Å². The molecule has 1 heterocycles. The Bertz CT molecular complexity index is 1050. The van der Waals surface area contributed by atoms with E-state index in [0.717, 1.165) is 34.8 Å². The smallest absolute Gasteiger partial charge is 0.361 e. The van der Waals surface area contributed by atoms with Gasteiger partial charge in [0.1, 0.15) is 0 Å². The van der Waals surface area contributed by atoms with Crippen molar-refractivity contribution in [1.82, 2.24) is 10.6 Å². The first-order valence-corrected chi connectivity index (χ1v) is 11.4. The molecule has 3 aromatic rings. The van der Waals surface area contributed by atoms with E-state index >= 15 is 0 Å². The van der Waals surface area contributed by atoms with Gasteiger partial charge in [0.25, 0.3) is 0 Å². The summed E-state index contributed by atoms with van der Waals surface area (Å²) in [7, 11) is -0.984. The molecule has 2 aromatic carbocycles. The second-order valence-electron chi connectivity index (χ2n) is 7.35. The van der Waals surface area contributed by atoms with Crippen molar-refractivity contribution in [2.75, 3.05) is 14.1 Å². The average Bonchev–Trinajstić information content (AvgIpc) is 2.84. The minimum atomic E-state index is -4.94. The Morgan fingerprint density at radius 3 is 1.67 bits per heavy atom. The standard InChI is InChI=1S/C25H25N2O.ClHO4/c1-26-22-13-15-25(27-2,16-14-22)21-17-23(19-9-5-3-6-10-19)28-24(18-21)20-11-7-4-8-12-20;2-1(3,4)5/h3-15,17-18,26-27H,16H2,1-2H3;(H,2,3,4,5)/q+1;/p-1. The third-order valence-electron chi connectivity index (χ3n) is 5.35. The maximum atomic E-state index is 8.49. The summed E-state index contributed by atoms with van der Waals surface area (Å²) >= 11 is 0. The number of allylic oxidation sites excluding steroid dienone is 1. The van der Waals surface area contributed by atoms with E-state index in [4.69, 9.17) is 23.1 Å². The minimum absolute atomic E-state index is 0.274. The van der Waals surface area contributed by atoms with Gasteiger partial charge >= 0.3 is 11.5 Å². The van der Waals surface area contributed by atoms with Crippen LogP contribution in [-0.4, -0.2) is 14.1 Å². The molecule has 7 nitrogen and oxygen atoms in total. The number of likely N-dealkylation sites (N-methyl/N-ethyl adjacent to an activating group) is 2. The first kappa shape index (κ1) is 24.6. The number of rotatable bonds is 5. The fraction of sp³-hybridized carbons (Fsp3) is 0.160. The van der Waals surface area contributed by atoms with Gasteiger partial charge in [-0.05, 0) is 49.4 Å². The molecule has 1 aromatic heterocycles. The highest BCUT2D eigenvalue weighted by Gasteiger charge is 2.33. The van der Waals surface area contributed by atoms with Gasteiger partial charge in [-0.1, -0.05) is 48.6 Å². The van der Waals surface area contributed by atoms with Crippen LogP contribution in [0.5, 0.6) is 0 Å². The first-order valence-electron chi connectivity index (χ1n) is 10.2. The molecule has 1 aliphatic carbocycles. The summed E-state index contributed by atoms with van der Waals surface area (Å²) in [5.74, 6) is 1.73. The van der Waals surface area contributed by atoms with Crippen LogP contribution < -0.4 is 29.3 Å². The Morgan fingerprint density at radius 2 is 1.30 bits per heavy atom. The summed E-state index contributed by atoms with van der Waals surface area (Å²) < 4.78 is 40.3. The van der Waals surface area contributed by atoms with Crippen LogP contribution in [0.1, 0.15) is 12.0 Å². The topological polar surface area (TPSA) is 128 Å². The van der Waals surface area contributed by atoms with Gasteiger partial charge in [0.2, 0.25) is 0 Å². The Labute approximate surface area is 195 Å². The molecule has 2 N–H and O–H groups in total. The van der Waals surface area contributed by atoms with E-state index in [-0.39, 0.29) is 5.54 Å². The molecule has 0 radical (unpaired) electrons. The van der Waals surface area contributed by atoms with Gasteiger partial charge in [0.05, 0.1) is 16.7 Å². The molecule has 0 fully saturated rings. The van der Waals surface area contributed by atoms with Crippen LogP contribution in [0, 0.1) is 10.2 Å². The van der Waals surface area contributed by atoms with Gasteiger partial charge in [0, 0.05) is 24.9 Å². The Kier molecular flexibility index (Phi) is 7.99. The maximum Gasteiger partial charge on any atom is 0.361 e. The van der Waals surface area contributed by atoms with Crippen LogP contribution in [0.25, 0.3) is 22.6 Å². The molecule has 0 spiro atoms. The molecule has 0 amide bonds. The summed E-state index contributed by atoms with van der Waals surface area (Å²) in [5.41, 5.74) is 4.18. The molecular formula is C25H25ClN2O5. The third-order valence-corrected chi connectivity index (χ3v) is 5.35. The molecule has 0 saturated heterocycles. The van der Waals surface area contributed by atoms with Crippen molar-refractivity contribution in [3.05, 3.63) is 102 Å². The van der Waals surface area contributed by atoms with E-state index in [9.17, 15) is 0 Å². The van der Waals surface area contributed by atoms with Crippen molar-refractivity contribution in [1.29, 1.82) is 0 Å². The van der Waals surface area contributed by atoms with Crippen molar-refractivity contribution in [2.45, 2.75) is 12.0 Å². The molecule has 0 aliphatic heterocycles. The van der Waals surface area contributed by atoms with Gasteiger partial charge in [-0.2, -0.15) is 0 Å². The van der Waals surface area contributed by atoms with Gasteiger partial charge in [-0.3, -0.25) is 0 Å². The van der Waals surface area contributed by atoms with E-state index in [1.54, 1.807) is 0 Å². The summed E-state index contributed by atoms with van der Waals surface area (Å²) in [6, 6.07) is 24.8. The zero-order valence-corrected chi connectivity index (χ0v) is 19.0. The zero-order chi connectivity index (χ0) is 23.9. The zero-order valence-electron chi connectivity index (χ0n) is 18.3. The van der Waals surface area contributed by atoms with Gasteiger partial charge in [-0.25, -0.2) is 23.1 Å².